The van der Waals surface area contributed by atoms with Crippen LogP contribution in [0.1, 0.15) is 53.3 Å². The predicted molar refractivity (Wildman–Crippen MR) is 96.2 cm³/mol. The van der Waals surface area contributed by atoms with Gasteiger partial charge in [0.05, 0.1) is 6.04 Å². The largest absolute Gasteiger partial charge is 0.486 e. The summed E-state index contributed by atoms with van der Waals surface area (Å²) in [5.74, 6) is 0.969. The van der Waals surface area contributed by atoms with Crippen LogP contribution in [0.15, 0.2) is 47.0 Å². The van der Waals surface area contributed by atoms with Crippen molar-refractivity contribution in [3.05, 3.63) is 59.5 Å². The Morgan fingerprint density at radius 1 is 1.31 bits per heavy atom. The van der Waals surface area contributed by atoms with Crippen LogP contribution in [0, 0.1) is 0 Å². The number of aromatic nitrogens is 1. The molecule has 3 rings (SSSR count). The van der Waals surface area contributed by atoms with Crippen LogP contribution in [0.3, 0.4) is 0 Å². The Balaban J connectivity index is 1.59. The van der Waals surface area contributed by atoms with E-state index < -0.39 is 0 Å². The van der Waals surface area contributed by atoms with Gasteiger partial charge in [-0.2, -0.15) is 0 Å². The van der Waals surface area contributed by atoms with Crippen molar-refractivity contribution in [1.82, 2.24) is 10.1 Å². The molecular formula is C20H22N2O4. The number of benzene rings is 1. The number of Topliss-reactive ketones (excluding diaryl/α,β-unsaturated/α-hetero) is 1. The highest BCUT2D eigenvalue weighted by atomic mass is 16.5. The van der Waals surface area contributed by atoms with E-state index in [1.165, 1.54) is 6.92 Å². The van der Waals surface area contributed by atoms with Crippen LogP contribution in [0.25, 0.3) is 0 Å². The number of ether oxygens (including phenoxy) is 1. The number of hydrogen-bond acceptors (Lipinski definition) is 5. The van der Waals surface area contributed by atoms with Crippen molar-refractivity contribution in [2.75, 3.05) is 6.54 Å². The second-order valence-corrected chi connectivity index (χ2v) is 6.29. The number of ketones is 1. The molecule has 6 nitrogen and oxygen atoms in total. The molecule has 0 aliphatic carbocycles. The molecule has 0 saturated carbocycles. The van der Waals surface area contributed by atoms with Gasteiger partial charge in [0.15, 0.2) is 17.2 Å². The first kappa shape index (κ1) is 17.9. The van der Waals surface area contributed by atoms with Crippen LogP contribution in [0.4, 0.5) is 0 Å². The third-order valence-corrected chi connectivity index (χ3v) is 4.33. The van der Waals surface area contributed by atoms with Crippen molar-refractivity contribution in [3.8, 4) is 5.75 Å². The van der Waals surface area contributed by atoms with E-state index in [1.807, 2.05) is 6.08 Å². The first-order valence-corrected chi connectivity index (χ1v) is 8.75. The summed E-state index contributed by atoms with van der Waals surface area (Å²) in [6.07, 6.45) is 6.02. The van der Waals surface area contributed by atoms with Crippen LogP contribution >= 0.6 is 0 Å². The molecule has 0 radical (unpaired) electrons. The number of nitrogens with zero attached hydrogens (tertiary/aromatic N) is 2. The predicted octanol–water partition coefficient (Wildman–Crippen LogP) is 3.64. The third kappa shape index (κ3) is 4.02. The van der Waals surface area contributed by atoms with Gasteiger partial charge in [0.25, 0.3) is 5.91 Å². The molecule has 1 atom stereocenters. The molecule has 2 aromatic rings. The number of rotatable bonds is 7. The highest BCUT2D eigenvalue weighted by molar-refractivity contribution is 5.94. The highest BCUT2D eigenvalue weighted by Gasteiger charge is 2.27. The zero-order chi connectivity index (χ0) is 18.5. The molecule has 0 bridgehead atoms. The van der Waals surface area contributed by atoms with Gasteiger partial charge in [-0.1, -0.05) is 30.7 Å². The molecule has 2 heterocycles. The zero-order valence-electron chi connectivity index (χ0n) is 15.0. The summed E-state index contributed by atoms with van der Waals surface area (Å²) in [6.45, 7) is 4.38. The van der Waals surface area contributed by atoms with Crippen LogP contribution in [0.5, 0.6) is 5.75 Å². The number of hydrogen-bond donors (Lipinski definition) is 0. The maximum atomic E-state index is 12.6. The Kier molecular flexibility index (Phi) is 5.51. The van der Waals surface area contributed by atoms with Crippen molar-refractivity contribution in [2.45, 2.75) is 39.3 Å². The molecule has 1 aromatic carbocycles. The van der Waals surface area contributed by atoms with E-state index in [2.05, 4.69) is 18.2 Å². The molecule has 1 aromatic heterocycles. The molecule has 6 heteroatoms. The van der Waals surface area contributed by atoms with Crippen molar-refractivity contribution in [1.29, 1.82) is 0 Å². The zero-order valence-corrected chi connectivity index (χ0v) is 15.0. The fraction of sp³-hybridized carbons (Fsp3) is 0.350. The molecule has 0 N–H and O–H groups in total. The molecule has 1 unspecified atom stereocenters. The maximum Gasteiger partial charge on any atom is 0.276 e. The van der Waals surface area contributed by atoms with Gasteiger partial charge in [0, 0.05) is 18.2 Å². The van der Waals surface area contributed by atoms with Gasteiger partial charge in [-0.25, -0.2) is 0 Å². The molecule has 1 aliphatic rings. The van der Waals surface area contributed by atoms with Gasteiger partial charge >= 0.3 is 0 Å². The number of carbonyl (C=O) groups excluding carboxylic acids is 2. The lowest BCUT2D eigenvalue weighted by Gasteiger charge is -2.23. The van der Waals surface area contributed by atoms with Crippen LogP contribution in [-0.4, -0.2) is 34.3 Å². The highest BCUT2D eigenvalue weighted by Crippen LogP contribution is 2.19. The lowest BCUT2D eigenvalue weighted by atomic mass is 10.1. The number of amides is 1. The molecular weight excluding hydrogens is 332 g/mol. The second-order valence-electron chi connectivity index (χ2n) is 6.29. The average molecular weight is 354 g/mol. The fourth-order valence-corrected chi connectivity index (χ4v) is 2.92. The summed E-state index contributed by atoms with van der Waals surface area (Å²) < 4.78 is 10.8. The third-order valence-electron chi connectivity index (χ3n) is 4.33. The van der Waals surface area contributed by atoms with Crippen molar-refractivity contribution >= 4 is 11.7 Å². The van der Waals surface area contributed by atoms with E-state index in [9.17, 15) is 9.59 Å². The molecule has 136 valence electrons. The Labute approximate surface area is 152 Å². The summed E-state index contributed by atoms with van der Waals surface area (Å²) in [5, 5.41) is 3.89. The lowest BCUT2D eigenvalue weighted by molar-refractivity contribution is 0.0733. The summed E-state index contributed by atoms with van der Waals surface area (Å²) >= 11 is 0. The van der Waals surface area contributed by atoms with Gasteiger partial charge < -0.3 is 14.2 Å². The molecule has 1 aliphatic heterocycles. The quantitative estimate of drug-likeness (QED) is 0.561. The minimum Gasteiger partial charge on any atom is -0.486 e. The summed E-state index contributed by atoms with van der Waals surface area (Å²) in [5.41, 5.74) is 0.922. The topological polar surface area (TPSA) is 72.6 Å². The maximum absolute atomic E-state index is 12.6. The van der Waals surface area contributed by atoms with Gasteiger partial charge in [0.1, 0.15) is 12.4 Å². The van der Waals surface area contributed by atoms with Gasteiger partial charge in [-0.05, 0) is 37.6 Å². The molecule has 26 heavy (non-hydrogen) atoms. The smallest absolute Gasteiger partial charge is 0.276 e. The van der Waals surface area contributed by atoms with E-state index in [4.69, 9.17) is 9.26 Å². The molecule has 1 amide bonds. The fourth-order valence-electron chi connectivity index (χ4n) is 2.92. The minimum absolute atomic E-state index is 0.00715. The van der Waals surface area contributed by atoms with E-state index in [1.54, 1.807) is 35.2 Å². The summed E-state index contributed by atoms with van der Waals surface area (Å²) in [7, 11) is 0. The van der Waals surface area contributed by atoms with Crippen LogP contribution in [-0.2, 0) is 6.61 Å². The number of carbonyl (C=O) groups is 2. The first-order chi connectivity index (χ1) is 12.6. The SMILES string of the molecule is CCCC1C=CCN1C(=O)c1cc(COc2ccc(C(C)=O)cc2)on1. The van der Waals surface area contributed by atoms with E-state index in [0.29, 0.717) is 29.3 Å². The minimum atomic E-state index is -0.130. The Morgan fingerprint density at radius 2 is 2.08 bits per heavy atom. The monoisotopic (exact) mass is 354 g/mol. The Hall–Kier alpha value is -2.89. The van der Waals surface area contributed by atoms with Crippen molar-refractivity contribution < 1.29 is 18.8 Å². The van der Waals surface area contributed by atoms with Gasteiger partial charge in [-0.3, -0.25) is 9.59 Å². The van der Waals surface area contributed by atoms with Crippen molar-refractivity contribution in [2.24, 2.45) is 0 Å². The second kappa shape index (κ2) is 7.99. The average Bonchev–Trinajstić information content (AvgIpc) is 3.29. The van der Waals surface area contributed by atoms with Gasteiger partial charge in [0.2, 0.25) is 0 Å². The molecule has 0 fully saturated rings. The normalized spacial score (nSPS) is 16.1. The standard InChI is InChI=1S/C20H22N2O4/c1-3-5-16-6-4-11-22(16)20(24)19-12-18(26-21-19)13-25-17-9-7-15(8-10-17)14(2)23/h4,6-10,12,16H,3,5,11,13H2,1-2H3. The van der Waals surface area contributed by atoms with E-state index in [0.717, 1.165) is 12.8 Å². The Bertz CT molecular complexity index is 807. The molecule has 0 spiro atoms. The first-order valence-electron chi connectivity index (χ1n) is 8.75. The van der Waals surface area contributed by atoms with E-state index >= 15 is 0 Å². The molecule has 0 saturated heterocycles. The van der Waals surface area contributed by atoms with E-state index in [-0.39, 0.29) is 24.3 Å². The van der Waals surface area contributed by atoms with Crippen LogP contribution in [0.2, 0.25) is 0 Å². The van der Waals surface area contributed by atoms with Gasteiger partial charge in [-0.15, -0.1) is 0 Å². The summed E-state index contributed by atoms with van der Waals surface area (Å²) in [6, 6.07) is 8.62. The Morgan fingerprint density at radius 3 is 2.77 bits per heavy atom. The lowest BCUT2D eigenvalue weighted by Crippen LogP contribution is -2.36. The van der Waals surface area contributed by atoms with Crippen LogP contribution < -0.4 is 4.74 Å². The van der Waals surface area contributed by atoms with Crippen molar-refractivity contribution in [3.63, 3.8) is 0 Å². The summed E-state index contributed by atoms with van der Waals surface area (Å²) in [4.78, 5) is 25.7.